The van der Waals surface area contributed by atoms with Gasteiger partial charge < -0.3 is 9.73 Å². The van der Waals surface area contributed by atoms with Gasteiger partial charge in [-0.15, -0.1) is 0 Å². The lowest BCUT2D eigenvalue weighted by atomic mass is 10.1. The summed E-state index contributed by atoms with van der Waals surface area (Å²) in [6.07, 6.45) is -1.10. The molecule has 1 N–H and O–H groups in total. The molecule has 0 saturated heterocycles. The molecule has 0 aliphatic carbocycles. The summed E-state index contributed by atoms with van der Waals surface area (Å²) in [5, 5.41) is 6.47. The van der Waals surface area contributed by atoms with Crippen molar-refractivity contribution in [1.82, 2.24) is 15.1 Å². The molecular weight excluding hydrogens is 335 g/mol. The number of halogens is 3. The maximum atomic E-state index is 12.9. The zero-order valence-corrected chi connectivity index (χ0v) is 13.0. The van der Waals surface area contributed by atoms with Crippen LogP contribution in [0.4, 0.5) is 13.2 Å². The third kappa shape index (κ3) is 4.09. The molecule has 0 saturated carbocycles. The van der Waals surface area contributed by atoms with Crippen molar-refractivity contribution in [2.75, 3.05) is 0 Å². The van der Waals surface area contributed by atoms with Gasteiger partial charge >= 0.3 is 6.18 Å². The number of carbonyl (C=O) groups excluding carboxylic acids is 1. The predicted molar refractivity (Wildman–Crippen MR) is 82.7 cm³/mol. The van der Waals surface area contributed by atoms with Crippen LogP contribution in [0.25, 0.3) is 0 Å². The molecule has 0 spiro atoms. The van der Waals surface area contributed by atoms with Crippen LogP contribution in [0.5, 0.6) is 0 Å². The molecule has 1 amide bonds. The standard InChI is InChI=1S/C17H14F3N3O2/c18-17(19,20)14-5-2-1-4-12(14)10-21-16(24)15-7-6-13(25-15)11-23-9-3-8-22-23/h1-9H,10-11H2,(H,21,24). The van der Waals surface area contributed by atoms with Crippen molar-refractivity contribution in [3.05, 3.63) is 77.5 Å². The molecule has 0 unspecified atom stereocenters. The first-order chi connectivity index (χ1) is 11.9. The Bertz CT molecular complexity index is 854. The van der Waals surface area contributed by atoms with Crippen LogP contribution >= 0.6 is 0 Å². The molecular formula is C17H14F3N3O2. The first kappa shape index (κ1) is 16.8. The van der Waals surface area contributed by atoms with E-state index in [0.29, 0.717) is 12.3 Å². The van der Waals surface area contributed by atoms with E-state index in [0.717, 1.165) is 6.07 Å². The first-order valence-corrected chi connectivity index (χ1v) is 7.43. The molecule has 0 fully saturated rings. The number of rotatable bonds is 5. The van der Waals surface area contributed by atoms with Gasteiger partial charge in [0.25, 0.3) is 5.91 Å². The van der Waals surface area contributed by atoms with Crippen LogP contribution < -0.4 is 5.32 Å². The Hall–Kier alpha value is -3.03. The van der Waals surface area contributed by atoms with Crippen molar-refractivity contribution in [3.63, 3.8) is 0 Å². The Morgan fingerprint density at radius 1 is 1.16 bits per heavy atom. The fourth-order valence-corrected chi connectivity index (χ4v) is 2.35. The van der Waals surface area contributed by atoms with Crippen LogP contribution in [0.15, 0.2) is 59.3 Å². The number of nitrogens with zero attached hydrogens (tertiary/aromatic N) is 2. The van der Waals surface area contributed by atoms with Crippen molar-refractivity contribution in [3.8, 4) is 0 Å². The fourth-order valence-electron chi connectivity index (χ4n) is 2.35. The van der Waals surface area contributed by atoms with Gasteiger partial charge in [-0.2, -0.15) is 18.3 Å². The van der Waals surface area contributed by atoms with Crippen LogP contribution in [0.1, 0.15) is 27.4 Å². The summed E-state index contributed by atoms with van der Waals surface area (Å²) in [6.45, 7) is 0.112. The molecule has 5 nitrogen and oxygen atoms in total. The lowest BCUT2D eigenvalue weighted by Crippen LogP contribution is -2.24. The Labute approximate surface area is 141 Å². The molecule has 2 heterocycles. The lowest BCUT2D eigenvalue weighted by Gasteiger charge is -2.12. The van der Waals surface area contributed by atoms with Crippen LogP contribution in [0, 0.1) is 0 Å². The summed E-state index contributed by atoms with van der Waals surface area (Å²) in [6, 6.07) is 9.97. The van der Waals surface area contributed by atoms with Gasteiger partial charge in [0.05, 0.1) is 12.1 Å². The minimum atomic E-state index is -4.47. The van der Waals surface area contributed by atoms with E-state index in [1.807, 2.05) is 0 Å². The van der Waals surface area contributed by atoms with E-state index in [2.05, 4.69) is 10.4 Å². The molecule has 0 aliphatic heterocycles. The van der Waals surface area contributed by atoms with Crippen molar-refractivity contribution in [2.45, 2.75) is 19.3 Å². The van der Waals surface area contributed by atoms with Gasteiger partial charge in [-0.3, -0.25) is 9.48 Å². The molecule has 2 aromatic heterocycles. The molecule has 0 bridgehead atoms. The lowest BCUT2D eigenvalue weighted by molar-refractivity contribution is -0.138. The molecule has 1 aromatic carbocycles. The van der Waals surface area contributed by atoms with E-state index >= 15 is 0 Å². The maximum Gasteiger partial charge on any atom is 0.416 e. The van der Waals surface area contributed by atoms with Crippen molar-refractivity contribution in [2.24, 2.45) is 0 Å². The smallest absolute Gasteiger partial charge is 0.416 e. The van der Waals surface area contributed by atoms with Gasteiger partial charge in [0.1, 0.15) is 5.76 Å². The molecule has 25 heavy (non-hydrogen) atoms. The fraction of sp³-hybridized carbons (Fsp3) is 0.176. The molecule has 130 valence electrons. The average molecular weight is 349 g/mol. The van der Waals surface area contributed by atoms with Gasteiger partial charge in [-0.25, -0.2) is 0 Å². The Balaban J connectivity index is 1.65. The SMILES string of the molecule is O=C(NCc1ccccc1C(F)(F)F)c1ccc(Cn2cccn2)o1. The summed E-state index contributed by atoms with van der Waals surface area (Å²) < 4.78 is 45.9. The zero-order chi connectivity index (χ0) is 17.9. The van der Waals surface area contributed by atoms with Crippen molar-refractivity contribution < 1.29 is 22.4 Å². The summed E-state index contributed by atoms with van der Waals surface area (Å²) in [5.41, 5.74) is -0.777. The van der Waals surface area contributed by atoms with E-state index in [1.54, 1.807) is 29.2 Å². The van der Waals surface area contributed by atoms with Crippen molar-refractivity contribution >= 4 is 5.91 Å². The predicted octanol–water partition coefficient (Wildman–Crippen LogP) is 3.47. The topological polar surface area (TPSA) is 60.1 Å². The van der Waals surface area contributed by atoms with Crippen LogP contribution in [0.2, 0.25) is 0 Å². The number of carbonyl (C=O) groups is 1. The highest BCUT2D eigenvalue weighted by atomic mass is 19.4. The summed E-state index contributed by atoms with van der Waals surface area (Å²) >= 11 is 0. The van der Waals surface area contributed by atoms with E-state index in [-0.39, 0.29) is 17.9 Å². The molecule has 3 aromatic rings. The third-order valence-electron chi connectivity index (χ3n) is 3.52. The van der Waals surface area contributed by atoms with Gasteiger partial charge in [-0.05, 0) is 29.8 Å². The number of aromatic nitrogens is 2. The first-order valence-electron chi connectivity index (χ1n) is 7.43. The highest BCUT2D eigenvalue weighted by molar-refractivity contribution is 5.91. The number of nitrogens with one attached hydrogen (secondary N) is 1. The monoisotopic (exact) mass is 349 g/mol. The highest BCUT2D eigenvalue weighted by Gasteiger charge is 2.32. The number of benzene rings is 1. The van der Waals surface area contributed by atoms with E-state index < -0.39 is 17.6 Å². The van der Waals surface area contributed by atoms with Gasteiger partial charge in [0.2, 0.25) is 0 Å². The molecule has 8 heteroatoms. The van der Waals surface area contributed by atoms with Crippen molar-refractivity contribution in [1.29, 1.82) is 0 Å². The Kier molecular flexibility index (Phi) is 4.60. The molecule has 0 aliphatic rings. The second-order valence-corrected chi connectivity index (χ2v) is 5.31. The largest absolute Gasteiger partial charge is 0.454 e. The van der Waals surface area contributed by atoms with Gasteiger partial charge in [0.15, 0.2) is 5.76 Å². The zero-order valence-electron chi connectivity index (χ0n) is 13.0. The van der Waals surface area contributed by atoms with Crippen LogP contribution in [-0.4, -0.2) is 15.7 Å². The maximum absolute atomic E-state index is 12.9. The van der Waals surface area contributed by atoms with Gasteiger partial charge in [0, 0.05) is 18.9 Å². The number of furan rings is 1. The molecule has 3 rings (SSSR count). The van der Waals surface area contributed by atoms with Crippen LogP contribution in [0.3, 0.4) is 0 Å². The Morgan fingerprint density at radius 2 is 1.96 bits per heavy atom. The minimum absolute atomic E-state index is 0.00771. The quantitative estimate of drug-likeness (QED) is 0.767. The van der Waals surface area contributed by atoms with Crippen LogP contribution in [-0.2, 0) is 19.3 Å². The summed E-state index contributed by atoms with van der Waals surface area (Å²) in [4.78, 5) is 12.1. The van der Waals surface area contributed by atoms with E-state index in [1.165, 1.54) is 24.3 Å². The summed E-state index contributed by atoms with van der Waals surface area (Å²) in [5.74, 6) is -0.0279. The Morgan fingerprint density at radius 3 is 2.68 bits per heavy atom. The number of hydrogen-bond donors (Lipinski definition) is 1. The second kappa shape index (κ2) is 6.84. The van der Waals surface area contributed by atoms with E-state index in [9.17, 15) is 18.0 Å². The number of amides is 1. The molecule has 0 radical (unpaired) electrons. The van der Waals surface area contributed by atoms with E-state index in [4.69, 9.17) is 4.42 Å². The second-order valence-electron chi connectivity index (χ2n) is 5.31. The average Bonchev–Trinajstić information content (AvgIpc) is 3.24. The number of hydrogen-bond acceptors (Lipinski definition) is 3. The minimum Gasteiger partial charge on any atom is -0.454 e. The molecule has 0 atom stereocenters. The normalized spacial score (nSPS) is 11.5. The highest BCUT2D eigenvalue weighted by Crippen LogP contribution is 2.31. The summed E-state index contributed by atoms with van der Waals surface area (Å²) in [7, 11) is 0. The number of alkyl halides is 3. The third-order valence-corrected chi connectivity index (χ3v) is 3.52. The van der Waals surface area contributed by atoms with Gasteiger partial charge in [-0.1, -0.05) is 18.2 Å².